The standard InChI is InChI=1S/C29H26N4O5S3/c1-38-27(34)22-11-9-20(10-12-22)24-16-40-28(30-24)33-18-29(33,15-19-7-13-23(14-8-19)32-41(35,36)37)25-17-39-26(31-25)21-5-3-2-4-6-21/h2-14,17,24,32H,15-16,18H2,1H3,(H,35,36,37). The van der Waals surface area contributed by atoms with E-state index < -0.39 is 15.8 Å². The summed E-state index contributed by atoms with van der Waals surface area (Å²) in [7, 11) is -2.98. The van der Waals surface area contributed by atoms with Crippen molar-refractivity contribution in [1.29, 1.82) is 0 Å². The van der Waals surface area contributed by atoms with Crippen LogP contribution in [-0.4, -0.2) is 53.4 Å². The number of carbonyl (C=O) groups excluding carboxylic acids is 1. The van der Waals surface area contributed by atoms with Crippen molar-refractivity contribution in [2.45, 2.75) is 18.0 Å². The first-order valence-electron chi connectivity index (χ1n) is 12.8. The lowest BCUT2D eigenvalue weighted by Crippen LogP contribution is -2.22. The molecule has 12 heteroatoms. The van der Waals surface area contributed by atoms with Gasteiger partial charge in [0.15, 0.2) is 5.17 Å². The van der Waals surface area contributed by atoms with Crippen LogP contribution in [-0.2, 0) is 27.0 Å². The number of hydrogen-bond donors (Lipinski definition) is 2. The van der Waals surface area contributed by atoms with Crippen molar-refractivity contribution in [2.24, 2.45) is 4.99 Å². The Balaban J connectivity index is 1.28. The molecule has 1 fully saturated rings. The molecule has 9 nitrogen and oxygen atoms in total. The number of aliphatic imine (C=N–C) groups is 1. The number of benzene rings is 3. The van der Waals surface area contributed by atoms with Crippen LogP contribution in [0.1, 0.15) is 33.2 Å². The molecule has 2 atom stereocenters. The summed E-state index contributed by atoms with van der Waals surface area (Å²) in [6, 6.07) is 24.4. The van der Waals surface area contributed by atoms with Gasteiger partial charge in [0, 0.05) is 23.1 Å². The molecule has 3 aromatic carbocycles. The van der Waals surface area contributed by atoms with Crippen molar-refractivity contribution in [1.82, 2.24) is 9.88 Å². The molecule has 2 N–H and O–H groups in total. The topological polar surface area (TPSA) is 121 Å². The number of aromatic nitrogens is 1. The number of nitrogens with one attached hydrogen (secondary N) is 1. The number of rotatable bonds is 8. The van der Waals surface area contributed by atoms with Crippen molar-refractivity contribution < 1.29 is 22.5 Å². The Hall–Kier alpha value is -3.71. The van der Waals surface area contributed by atoms with Crippen molar-refractivity contribution in [3.8, 4) is 10.6 Å². The van der Waals surface area contributed by atoms with Gasteiger partial charge in [-0.25, -0.2) is 9.78 Å². The molecule has 3 heterocycles. The Kier molecular flexibility index (Phi) is 7.32. The van der Waals surface area contributed by atoms with E-state index in [1.165, 1.54) is 7.11 Å². The van der Waals surface area contributed by atoms with E-state index in [0.29, 0.717) is 12.0 Å². The molecule has 6 rings (SSSR count). The normalized spacial score (nSPS) is 20.0. The average molecular weight is 607 g/mol. The van der Waals surface area contributed by atoms with Gasteiger partial charge in [-0.1, -0.05) is 66.4 Å². The van der Waals surface area contributed by atoms with Gasteiger partial charge in [-0.2, -0.15) is 8.42 Å². The summed E-state index contributed by atoms with van der Waals surface area (Å²) in [5.41, 5.74) is 4.47. The van der Waals surface area contributed by atoms with Gasteiger partial charge in [0.1, 0.15) is 10.5 Å². The van der Waals surface area contributed by atoms with Crippen LogP contribution in [0, 0.1) is 0 Å². The number of esters is 1. The molecule has 4 aromatic rings. The molecule has 0 radical (unpaired) electrons. The predicted molar refractivity (Wildman–Crippen MR) is 162 cm³/mol. The van der Waals surface area contributed by atoms with E-state index in [-0.39, 0.29) is 17.7 Å². The molecule has 2 unspecified atom stereocenters. The van der Waals surface area contributed by atoms with Gasteiger partial charge in [-0.3, -0.25) is 14.3 Å². The van der Waals surface area contributed by atoms with Crippen molar-refractivity contribution >= 4 is 50.2 Å². The minimum Gasteiger partial charge on any atom is -0.465 e. The van der Waals surface area contributed by atoms with E-state index in [1.807, 2.05) is 54.6 Å². The molecule has 2 aliphatic rings. The van der Waals surface area contributed by atoms with Crippen LogP contribution in [0.2, 0.25) is 0 Å². The van der Waals surface area contributed by atoms with Crippen molar-refractivity contribution in [2.75, 3.05) is 24.1 Å². The summed E-state index contributed by atoms with van der Waals surface area (Å²) in [5, 5.41) is 4.01. The first kappa shape index (κ1) is 27.5. The zero-order valence-corrected chi connectivity index (χ0v) is 24.4. The van der Waals surface area contributed by atoms with Gasteiger partial charge < -0.3 is 9.64 Å². The molecule has 1 saturated heterocycles. The Labute approximate surface area is 246 Å². The predicted octanol–water partition coefficient (Wildman–Crippen LogP) is 5.41. The third-order valence-corrected chi connectivity index (χ3v) is 9.57. The first-order chi connectivity index (χ1) is 19.7. The van der Waals surface area contributed by atoms with Gasteiger partial charge >= 0.3 is 16.3 Å². The lowest BCUT2D eigenvalue weighted by atomic mass is 9.96. The molecule has 41 heavy (non-hydrogen) atoms. The van der Waals surface area contributed by atoms with Gasteiger partial charge in [-0.15, -0.1) is 11.3 Å². The second kappa shape index (κ2) is 10.9. The number of hydrogen-bond acceptors (Lipinski definition) is 9. The molecule has 0 spiro atoms. The Morgan fingerprint density at radius 2 is 1.83 bits per heavy atom. The monoisotopic (exact) mass is 606 g/mol. The molecule has 1 aromatic heterocycles. The van der Waals surface area contributed by atoms with Crippen LogP contribution in [0.5, 0.6) is 0 Å². The fraction of sp³-hybridized carbons (Fsp3) is 0.207. The number of ether oxygens (including phenoxy) is 1. The lowest BCUT2D eigenvalue weighted by Gasteiger charge is -2.17. The maximum absolute atomic E-state index is 11.8. The van der Waals surface area contributed by atoms with E-state index in [4.69, 9.17) is 19.3 Å². The Morgan fingerprint density at radius 1 is 1.10 bits per heavy atom. The average Bonchev–Trinajstić information content (AvgIpc) is 3.32. The SMILES string of the molecule is COC(=O)c1ccc(C2CSC(N3CC3(Cc3ccc(NS(=O)(=O)O)cc3)c3csc(-c4ccccc4)n3)=N2)cc1. The van der Waals surface area contributed by atoms with E-state index in [2.05, 4.69) is 15.0 Å². The largest absolute Gasteiger partial charge is 0.465 e. The highest BCUT2D eigenvalue weighted by Crippen LogP contribution is 2.50. The quantitative estimate of drug-likeness (QED) is 0.155. The zero-order valence-electron chi connectivity index (χ0n) is 21.9. The van der Waals surface area contributed by atoms with Gasteiger partial charge in [0.25, 0.3) is 0 Å². The summed E-state index contributed by atoms with van der Waals surface area (Å²) in [6.45, 7) is 0.746. The van der Waals surface area contributed by atoms with Crippen molar-refractivity contribution in [3.05, 3.63) is 107 Å². The maximum Gasteiger partial charge on any atom is 0.357 e. The molecular weight excluding hydrogens is 581 g/mol. The summed E-state index contributed by atoms with van der Waals surface area (Å²) >= 11 is 3.32. The van der Waals surface area contributed by atoms with Gasteiger partial charge in [0.05, 0.1) is 36.6 Å². The minimum atomic E-state index is -4.34. The van der Waals surface area contributed by atoms with Crippen LogP contribution >= 0.6 is 23.1 Å². The molecule has 0 aliphatic carbocycles. The summed E-state index contributed by atoms with van der Waals surface area (Å²) in [6.07, 6.45) is 0.648. The lowest BCUT2D eigenvalue weighted by molar-refractivity contribution is 0.0600. The summed E-state index contributed by atoms with van der Waals surface area (Å²) in [5.74, 6) is 0.428. The van der Waals surface area contributed by atoms with Gasteiger partial charge in [-0.05, 0) is 35.4 Å². The van der Waals surface area contributed by atoms with Crippen LogP contribution in [0.3, 0.4) is 0 Å². The third-order valence-electron chi connectivity index (χ3n) is 7.12. The minimum absolute atomic E-state index is 0.0268. The van der Waals surface area contributed by atoms with Crippen LogP contribution in [0.25, 0.3) is 10.6 Å². The number of methoxy groups -OCH3 is 1. The van der Waals surface area contributed by atoms with Crippen LogP contribution in [0.15, 0.2) is 89.2 Å². The molecule has 210 valence electrons. The molecular formula is C29H26N4O5S3. The number of thiazole rings is 1. The number of anilines is 1. The molecule has 0 bridgehead atoms. The number of amidine groups is 1. The highest BCUT2D eigenvalue weighted by Gasteiger charge is 2.57. The van der Waals surface area contributed by atoms with Crippen LogP contribution < -0.4 is 4.72 Å². The second-order valence-electron chi connectivity index (χ2n) is 9.82. The van der Waals surface area contributed by atoms with E-state index in [1.54, 1.807) is 47.4 Å². The smallest absolute Gasteiger partial charge is 0.357 e. The maximum atomic E-state index is 11.8. The van der Waals surface area contributed by atoms with E-state index in [9.17, 15) is 13.2 Å². The molecule has 0 amide bonds. The number of carbonyl (C=O) groups is 1. The Morgan fingerprint density at radius 3 is 2.51 bits per heavy atom. The molecule has 0 saturated carbocycles. The fourth-order valence-electron chi connectivity index (χ4n) is 4.96. The number of nitrogens with zero attached hydrogens (tertiary/aromatic N) is 3. The van der Waals surface area contributed by atoms with Gasteiger partial charge in [0.2, 0.25) is 0 Å². The Bertz CT molecular complexity index is 1710. The second-order valence-corrected chi connectivity index (χ2v) is 12.8. The molecule has 2 aliphatic heterocycles. The zero-order chi connectivity index (χ0) is 28.6. The first-order valence-corrected chi connectivity index (χ1v) is 16.1. The van der Waals surface area contributed by atoms with Crippen LogP contribution in [0.4, 0.5) is 5.69 Å². The van der Waals surface area contributed by atoms with E-state index in [0.717, 1.165) is 44.9 Å². The third kappa shape index (κ3) is 5.87. The number of thioether (sulfide) groups is 1. The highest BCUT2D eigenvalue weighted by atomic mass is 32.2. The summed E-state index contributed by atoms with van der Waals surface area (Å²) in [4.78, 5) is 24.2. The van der Waals surface area contributed by atoms with E-state index >= 15 is 0 Å². The van der Waals surface area contributed by atoms with Crippen molar-refractivity contribution in [3.63, 3.8) is 0 Å². The summed E-state index contributed by atoms with van der Waals surface area (Å²) < 4.78 is 38.4. The highest BCUT2D eigenvalue weighted by molar-refractivity contribution is 8.14. The fourth-order valence-corrected chi connectivity index (χ4v) is 7.48.